The summed E-state index contributed by atoms with van der Waals surface area (Å²) < 4.78 is 13.7. The molecule has 0 aliphatic rings. The molecule has 17 heavy (non-hydrogen) atoms. The Morgan fingerprint density at radius 1 is 1.53 bits per heavy atom. The maximum absolute atomic E-state index is 13.7. The van der Waals surface area contributed by atoms with Crippen LogP contribution >= 0.6 is 11.6 Å². The molecule has 1 aromatic carbocycles. The van der Waals surface area contributed by atoms with E-state index < -0.39 is 5.41 Å². The van der Waals surface area contributed by atoms with Gasteiger partial charge in [0.05, 0.1) is 6.54 Å². The highest BCUT2D eigenvalue weighted by Crippen LogP contribution is 2.27. The lowest BCUT2D eigenvalue weighted by Crippen LogP contribution is -2.40. The van der Waals surface area contributed by atoms with Gasteiger partial charge in [0.25, 0.3) is 0 Å². The molecule has 1 aromatic rings. The monoisotopic (exact) mass is 258 g/mol. The highest BCUT2D eigenvalue weighted by atomic mass is 35.5. The molecule has 1 rings (SSSR count). The van der Waals surface area contributed by atoms with Crippen molar-refractivity contribution < 1.29 is 9.18 Å². The summed E-state index contributed by atoms with van der Waals surface area (Å²) in [6.07, 6.45) is 0. The van der Waals surface area contributed by atoms with Gasteiger partial charge in [0, 0.05) is 17.0 Å². The van der Waals surface area contributed by atoms with E-state index in [2.05, 4.69) is 5.32 Å². The summed E-state index contributed by atoms with van der Waals surface area (Å²) in [6.45, 7) is 3.89. The molecular formula is C12H16ClFN2O. The lowest BCUT2D eigenvalue weighted by Gasteiger charge is -2.26. The zero-order valence-electron chi connectivity index (χ0n) is 9.89. The van der Waals surface area contributed by atoms with Gasteiger partial charge in [-0.1, -0.05) is 25.4 Å². The van der Waals surface area contributed by atoms with E-state index in [-0.39, 0.29) is 18.3 Å². The van der Waals surface area contributed by atoms with Crippen LogP contribution in [0.4, 0.5) is 4.39 Å². The summed E-state index contributed by atoms with van der Waals surface area (Å²) in [5.41, 5.74) is 5.12. The zero-order valence-corrected chi connectivity index (χ0v) is 10.6. The predicted molar refractivity (Wildman–Crippen MR) is 66.5 cm³/mol. The van der Waals surface area contributed by atoms with Crippen molar-refractivity contribution in [3.05, 3.63) is 34.6 Å². The zero-order chi connectivity index (χ0) is 13.1. The van der Waals surface area contributed by atoms with E-state index in [1.165, 1.54) is 12.1 Å². The molecule has 0 aromatic heterocycles. The second kappa shape index (κ2) is 5.47. The van der Waals surface area contributed by atoms with Gasteiger partial charge in [-0.15, -0.1) is 0 Å². The summed E-state index contributed by atoms with van der Waals surface area (Å²) in [5.74, 6) is -0.595. The van der Waals surface area contributed by atoms with Crippen LogP contribution in [0.15, 0.2) is 18.2 Å². The van der Waals surface area contributed by atoms with Gasteiger partial charge >= 0.3 is 0 Å². The fourth-order valence-corrected chi connectivity index (χ4v) is 1.68. The molecule has 0 radical (unpaired) electrons. The molecular weight excluding hydrogens is 243 g/mol. The molecule has 0 atom stereocenters. The van der Waals surface area contributed by atoms with Gasteiger partial charge in [0.15, 0.2) is 0 Å². The SMILES string of the molecule is CC(C)(CNC(=O)CN)c1cc(Cl)ccc1F. The average molecular weight is 259 g/mol. The minimum Gasteiger partial charge on any atom is -0.354 e. The standard InChI is InChI=1S/C12H16ClFN2O/c1-12(2,7-16-11(17)6-15)9-5-8(13)3-4-10(9)14/h3-5H,6-7,15H2,1-2H3,(H,16,17). The van der Waals surface area contributed by atoms with Crippen LogP contribution in [0.25, 0.3) is 0 Å². The van der Waals surface area contributed by atoms with Crippen molar-refractivity contribution >= 4 is 17.5 Å². The molecule has 0 saturated heterocycles. The van der Waals surface area contributed by atoms with Crippen molar-refractivity contribution in [2.24, 2.45) is 5.73 Å². The maximum Gasteiger partial charge on any atom is 0.233 e. The Morgan fingerprint density at radius 3 is 2.76 bits per heavy atom. The third kappa shape index (κ3) is 3.68. The summed E-state index contributed by atoms with van der Waals surface area (Å²) >= 11 is 5.84. The van der Waals surface area contributed by atoms with Gasteiger partial charge in [-0.05, 0) is 23.8 Å². The smallest absolute Gasteiger partial charge is 0.233 e. The highest BCUT2D eigenvalue weighted by molar-refractivity contribution is 6.30. The maximum atomic E-state index is 13.7. The second-order valence-corrected chi connectivity index (χ2v) is 4.93. The first-order valence-corrected chi connectivity index (χ1v) is 5.67. The van der Waals surface area contributed by atoms with Crippen molar-refractivity contribution in [1.82, 2.24) is 5.32 Å². The molecule has 0 fully saturated rings. The molecule has 1 amide bonds. The number of nitrogens with two attached hydrogens (primary N) is 1. The largest absolute Gasteiger partial charge is 0.354 e. The molecule has 3 N–H and O–H groups in total. The Labute approximate surface area is 105 Å². The van der Waals surface area contributed by atoms with Crippen molar-refractivity contribution in [3.63, 3.8) is 0 Å². The number of benzene rings is 1. The van der Waals surface area contributed by atoms with Gasteiger partial charge in [0.1, 0.15) is 5.82 Å². The quantitative estimate of drug-likeness (QED) is 0.866. The van der Waals surface area contributed by atoms with Crippen LogP contribution in [0.5, 0.6) is 0 Å². The van der Waals surface area contributed by atoms with Crippen molar-refractivity contribution in [1.29, 1.82) is 0 Å². The number of halogens is 2. The molecule has 0 spiro atoms. The van der Waals surface area contributed by atoms with Crippen LogP contribution in [0.3, 0.4) is 0 Å². The molecule has 0 aliphatic heterocycles. The molecule has 0 aliphatic carbocycles. The summed E-state index contributed by atoms with van der Waals surface area (Å²) in [7, 11) is 0. The van der Waals surface area contributed by atoms with Crippen molar-refractivity contribution in [3.8, 4) is 0 Å². The average Bonchev–Trinajstić information content (AvgIpc) is 2.29. The van der Waals surface area contributed by atoms with E-state index in [1.54, 1.807) is 6.07 Å². The van der Waals surface area contributed by atoms with Gasteiger partial charge < -0.3 is 11.1 Å². The normalized spacial score (nSPS) is 11.4. The third-order valence-electron chi connectivity index (χ3n) is 2.57. The first kappa shape index (κ1) is 13.9. The van der Waals surface area contributed by atoms with E-state index in [9.17, 15) is 9.18 Å². The van der Waals surface area contributed by atoms with Crippen LogP contribution in [-0.2, 0) is 10.2 Å². The number of hydrogen-bond donors (Lipinski definition) is 2. The lowest BCUT2D eigenvalue weighted by atomic mass is 9.84. The Balaban J connectivity index is 2.88. The van der Waals surface area contributed by atoms with Crippen LogP contribution in [-0.4, -0.2) is 19.0 Å². The molecule has 94 valence electrons. The topological polar surface area (TPSA) is 55.1 Å². The van der Waals surface area contributed by atoms with E-state index in [0.717, 1.165) is 0 Å². The van der Waals surface area contributed by atoms with E-state index >= 15 is 0 Å². The number of amides is 1. The summed E-state index contributed by atoms with van der Waals surface area (Å²) in [5, 5.41) is 3.12. The van der Waals surface area contributed by atoms with E-state index in [0.29, 0.717) is 17.1 Å². The minimum atomic E-state index is -0.542. The van der Waals surface area contributed by atoms with Crippen molar-refractivity contribution in [2.45, 2.75) is 19.3 Å². The van der Waals surface area contributed by atoms with Gasteiger partial charge in [-0.25, -0.2) is 4.39 Å². The Bertz CT molecular complexity index is 421. The first-order chi connectivity index (χ1) is 7.86. The Kier molecular flexibility index (Phi) is 4.48. The highest BCUT2D eigenvalue weighted by Gasteiger charge is 2.24. The minimum absolute atomic E-state index is 0.0753. The summed E-state index contributed by atoms with van der Waals surface area (Å²) in [4.78, 5) is 11.1. The summed E-state index contributed by atoms with van der Waals surface area (Å²) in [6, 6.07) is 4.39. The van der Waals surface area contributed by atoms with E-state index in [1.807, 2.05) is 13.8 Å². The van der Waals surface area contributed by atoms with Gasteiger partial charge in [-0.2, -0.15) is 0 Å². The molecule has 5 heteroatoms. The van der Waals surface area contributed by atoms with Crippen LogP contribution in [0.2, 0.25) is 5.02 Å². The second-order valence-electron chi connectivity index (χ2n) is 4.49. The van der Waals surface area contributed by atoms with Crippen LogP contribution in [0.1, 0.15) is 19.4 Å². The third-order valence-corrected chi connectivity index (χ3v) is 2.81. The fourth-order valence-electron chi connectivity index (χ4n) is 1.50. The molecule has 0 heterocycles. The number of nitrogens with one attached hydrogen (secondary N) is 1. The van der Waals surface area contributed by atoms with E-state index in [4.69, 9.17) is 17.3 Å². The Morgan fingerprint density at radius 2 is 2.18 bits per heavy atom. The molecule has 0 bridgehead atoms. The van der Waals surface area contributed by atoms with Crippen LogP contribution in [0, 0.1) is 5.82 Å². The fraction of sp³-hybridized carbons (Fsp3) is 0.417. The number of rotatable bonds is 4. The molecule has 0 saturated carbocycles. The predicted octanol–water partition coefficient (Wildman–Crippen LogP) is 1.83. The van der Waals surface area contributed by atoms with Crippen LogP contribution < -0.4 is 11.1 Å². The van der Waals surface area contributed by atoms with Gasteiger partial charge in [-0.3, -0.25) is 4.79 Å². The van der Waals surface area contributed by atoms with Gasteiger partial charge in [0.2, 0.25) is 5.91 Å². The molecule has 0 unspecified atom stereocenters. The van der Waals surface area contributed by atoms with Crippen molar-refractivity contribution in [2.75, 3.05) is 13.1 Å². The lowest BCUT2D eigenvalue weighted by molar-refractivity contribution is -0.119. The number of hydrogen-bond acceptors (Lipinski definition) is 2. The number of carbonyl (C=O) groups is 1. The number of carbonyl (C=O) groups excluding carboxylic acids is 1. The first-order valence-electron chi connectivity index (χ1n) is 5.29. The Hall–Kier alpha value is -1.13. The molecule has 3 nitrogen and oxygen atoms in total.